The molecule has 2 aromatic heterocycles. The van der Waals surface area contributed by atoms with Crippen molar-refractivity contribution in [3.8, 4) is 5.69 Å². The van der Waals surface area contributed by atoms with Crippen LogP contribution in [0, 0.1) is 13.8 Å². The molecule has 4 rings (SSSR count). The van der Waals surface area contributed by atoms with Crippen molar-refractivity contribution >= 4 is 11.7 Å². The molecule has 1 saturated heterocycles. The smallest absolute Gasteiger partial charge is 0.255 e. The molecule has 3 aromatic rings. The Morgan fingerprint density at radius 2 is 1.83 bits per heavy atom. The number of piperazine rings is 1. The van der Waals surface area contributed by atoms with E-state index < -0.39 is 0 Å². The van der Waals surface area contributed by atoms with E-state index in [9.17, 15) is 4.79 Å². The molecule has 156 valence electrons. The van der Waals surface area contributed by atoms with Crippen LogP contribution in [0.2, 0.25) is 0 Å². The van der Waals surface area contributed by atoms with Crippen LogP contribution in [0.4, 0.5) is 5.82 Å². The summed E-state index contributed by atoms with van der Waals surface area (Å²) in [6.07, 6.45) is 3.46. The van der Waals surface area contributed by atoms with Crippen molar-refractivity contribution in [1.82, 2.24) is 25.0 Å². The number of benzene rings is 1. The van der Waals surface area contributed by atoms with Gasteiger partial charge in [-0.25, -0.2) is 9.67 Å². The highest BCUT2D eigenvalue weighted by atomic mass is 16.1. The minimum absolute atomic E-state index is 0.125. The first-order valence-electron chi connectivity index (χ1n) is 10.3. The largest absolute Gasteiger partial charge is 0.354 e. The minimum atomic E-state index is -0.125. The third kappa shape index (κ3) is 4.07. The van der Waals surface area contributed by atoms with Crippen LogP contribution < -0.4 is 10.2 Å². The number of hydrogen-bond donors (Lipinski definition) is 1. The van der Waals surface area contributed by atoms with Crippen molar-refractivity contribution in [1.29, 1.82) is 0 Å². The predicted octanol–water partition coefficient (Wildman–Crippen LogP) is 2.57. The second-order valence-corrected chi connectivity index (χ2v) is 7.80. The van der Waals surface area contributed by atoms with Crippen molar-refractivity contribution in [3.63, 3.8) is 0 Å². The second kappa shape index (κ2) is 8.67. The van der Waals surface area contributed by atoms with E-state index in [1.54, 1.807) is 6.20 Å². The lowest BCUT2D eigenvalue weighted by molar-refractivity contribution is 0.0950. The van der Waals surface area contributed by atoms with Crippen LogP contribution in [0.25, 0.3) is 5.69 Å². The highest BCUT2D eigenvalue weighted by Gasteiger charge is 2.20. The standard InChI is InChI=1S/C23H28N6O/c1-17-7-4-5-9-21(17)29-18(2)20(16-26-29)23(30)25-15-19-8-6-10-24-22(19)28-13-11-27(3)12-14-28/h4-10,16H,11-15H2,1-3H3,(H,25,30). The Morgan fingerprint density at radius 1 is 1.07 bits per heavy atom. The Balaban J connectivity index is 1.48. The second-order valence-electron chi connectivity index (χ2n) is 7.80. The van der Waals surface area contributed by atoms with E-state index in [0.29, 0.717) is 12.1 Å². The van der Waals surface area contributed by atoms with Crippen molar-refractivity contribution in [2.24, 2.45) is 0 Å². The van der Waals surface area contributed by atoms with Gasteiger partial charge in [0.1, 0.15) is 5.82 Å². The Kier molecular flexibility index (Phi) is 5.81. The Labute approximate surface area is 177 Å². The van der Waals surface area contributed by atoms with E-state index in [1.807, 2.05) is 61.1 Å². The predicted molar refractivity (Wildman–Crippen MR) is 118 cm³/mol. The number of carbonyl (C=O) groups excluding carboxylic acids is 1. The zero-order valence-corrected chi connectivity index (χ0v) is 17.8. The molecule has 0 unspecified atom stereocenters. The molecule has 0 spiro atoms. The fraction of sp³-hybridized carbons (Fsp3) is 0.348. The molecule has 1 amide bonds. The Morgan fingerprint density at radius 3 is 2.60 bits per heavy atom. The van der Waals surface area contributed by atoms with Crippen LogP contribution in [0.1, 0.15) is 27.2 Å². The number of pyridine rings is 1. The molecule has 1 aliphatic heterocycles. The van der Waals surface area contributed by atoms with Gasteiger partial charge in [0, 0.05) is 44.5 Å². The summed E-state index contributed by atoms with van der Waals surface area (Å²) in [7, 11) is 2.14. The third-order valence-electron chi connectivity index (χ3n) is 5.71. The number of amides is 1. The summed E-state index contributed by atoms with van der Waals surface area (Å²) in [6.45, 7) is 8.31. The molecule has 30 heavy (non-hydrogen) atoms. The Bertz CT molecular complexity index is 1040. The van der Waals surface area contributed by atoms with Crippen molar-refractivity contribution in [2.45, 2.75) is 20.4 Å². The first-order chi connectivity index (χ1) is 14.5. The van der Waals surface area contributed by atoms with E-state index in [1.165, 1.54) is 0 Å². The maximum atomic E-state index is 12.9. The van der Waals surface area contributed by atoms with Crippen LogP contribution >= 0.6 is 0 Å². The highest BCUT2D eigenvalue weighted by molar-refractivity contribution is 5.95. The topological polar surface area (TPSA) is 66.3 Å². The van der Waals surface area contributed by atoms with Crippen LogP contribution in [-0.2, 0) is 6.54 Å². The summed E-state index contributed by atoms with van der Waals surface area (Å²) in [5.74, 6) is 0.832. The van der Waals surface area contributed by atoms with Gasteiger partial charge >= 0.3 is 0 Å². The van der Waals surface area contributed by atoms with E-state index >= 15 is 0 Å². The number of aryl methyl sites for hydroxylation is 1. The van der Waals surface area contributed by atoms with Gasteiger partial charge in [-0.2, -0.15) is 5.10 Å². The molecule has 7 nitrogen and oxygen atoms in total. The number of likely N-dealkylation sites (N-methyl/N-ethyl adjacent to an activating group) is 1. The van der Waals surface area contributed by atoms with E-state index in [-0.39, 0.29) is 5.91 Å². The molecule has 3 heterocycles. The molecule has 0 bridgehead atoms. The number of nitrogens with one attached hydrogen (secondary N) is 1. The van der Waals surface area contributed by atoms with E-state index in [4.69, 9.17) is 0 Å². The van der Waals surface area contributed by atoms with Gasteiger partial charge in [0.2, 0.25) is 0 Å². The monoisotopic (exact) mass is 404 g/mol. The summed E-state index contributed by atoms with van der Waals surface area (Å²) in [5.41, 5.74) is 4.54. The van der Waals surface area contributed by atoms with Crippen LogP contribution in [0.15, 0.2) is 48.8 Å². The molecule has 7 heteroatoms. The van der Waals surface area contributed by atoms with Gasteiger partial charge in [-0.1, -0.05) is 24.3 Å². The third-order valence-corrected chi connectivity index (χ3v) is 5.71. The quantitative estimate of drug-likeness (QED) is 0.708. The van der Waals surface area contributed by atoms with E-state index in [0.717, 1.165) is 54.5 Å². The lowest BCUT2D eigenvalue weighted by Gasteiger charge is -2.34. The fourth-order valence-corrected chi connectivity index (χ4v) is 3.82. The van der Waals surface area contributed by atoms with Crippen molar-refractivity contribution < 1.29 is 4.79 Å². The Hall–Kier alpha value is -3.19. The average Bonchev–Trinajstić information content (AvgIpc) is 3.14. The summed E-state index contributed by atoms with van der Waals surface area (Å²) < 4.78 is 1.82. The molecule has 1 N–H and O–H groups in total. The number of nitrogens with zero attached hydrogens (tertiary/aromatic N) is 5. The number of hydrogen-bond acceptors (Lipinski definition) is 5. The zero-order chi connectivity index (χ0) is 21.1. The van der Waals surface area contributed by atoms with Gasteiger partial charge in [0.05, 0.1) is 23.1 Å². The normalized spacial score (nSPS) is 14.7. The van der Waals surface area contributed by atoms with Gasteiger partial charge in [-0.3, -0.25) is 4.79 Å². The molecule has 0 atom stereocenters. The van der Waals surface area contributed by atoms with Crippen LogP contribution in [0.5, 0.6) is 0 Å². The number of carbonyl (C=O) groups is 1. The van der Waals surface area contributed by atoms with Crippen LogP contribution in [0.3, 0.4) is 0 Å². The van der Waals surface area contributed by atoms with Gasteiger partial charge in [0.25, 0.3) is 5.91 Å². The first-order valence-corrected chi connectivity index (χ1v) is 10.3. The van der Waals surface area contributed by atoms with Crippen molar-refractivity contribution in [3.05, 3.63) is 71.2 Å². The maximum absolute atomic E-state index is 12.9. The average molecular weight is 405 g/mol. The van der Waals surface area contributed by atoms with Gasteiger partial charge < -0.3 is 15.1 Å². The minimum Gasteiger partial charge on any atom is -0.354 e. The first kappa shape index (κ1) is 20.1. The summed E-state index contributed by atoms with van der Waals surface area (Å²) in [4.78, 5) is 22.1. The molecule has 0 radical (unpaired) electrons. The molecular formula is C23H28N6O. The number of aromatic nitrogens is 3. The molecule has 1 aromatic carbocycles. The fourth-order valence-electron chi connectivity index (χ4n) is 3.82. The number of rotatable bonds is 5. The lowest BCUT2D eigenvalue weighted by Crippen LogP contribution is -2.45. The highest BCUT2D eigenvalue weighted by Crippen LogP contribution is 2.20. The summed E-state index contributed by atoms with van der Waals surface area (Å²) in [6, 6.07) is 12.0. The molecule has 1 aliphatic rings. The number of para-hydroxylation sites is 1. The van der Waals surface area contributed by atoms with Crippen molar-refractivity contribution in [2.75, 3.05) is 38.1 Å². The van der Waals surface area contributed by atoms with E-state index in [2.05, 4.69) is 32.2 Å². The molecular weight excluding hydrogens is 376 g/mol. The molecule has 0 aliphatic carbocycles. The molecule has 1 fully saturated rings. The molecule has 0 saturated carbocycles. The van der Waals surface area contributed by atoms with Gasteiger partial charge in [-0.05, 0) is 38.6 Å². The lowest BCUT2D eigenvalue weighted by atomic mass is 10.2. The summed E-state index contributed by atoms with van der Waals surface area (Å²) in [5, 5.41) is 7.51. The maximum Gasteiger partial charge on any atom is 0.255 e. The number of anilines is 1. The zero-order valence-electron chi connectivity index (χ0n) is 17.8. The van der Waals surface area contributed by atoms with Crippen LogP contribution in [-0.4, -0.2) is 58.8 Å². The van der Waals surface area contributed by atoms with Gasteiger partial charge in [0.15, 0.2) is 0 Å². The van der Waals surface area contributed by atoms with Gasteiger partial charge in [-0.15, -0.1) is 0 Å². The summed E-state index contributed by atoms with van der Waals surface area (Å²) >= 11 is 0. The SMILES string of the molecule is Cc1ccccc1-n1ncc(C(=O)NCc2cccnc2N2CCN(C)CC2)c1C.